The number of rotatable bonds is 45. The van der Waals surface area contributed by atoms with E-state index in [1.54, 1.807) is 0 Å². The highest BCUT2D eigenvalue weighted by Gasteiger charge is 2.19. The van der Waals surface area contributed by atoms with Crippen LogP contribution >= 0.6 is 0 Å². The van der Waals surface area contributed by atoms with Gasteiger partial charge in [-0.25, -0.2) is 0 Å². The Balaban J connectivity index is 4.54. The van der Waals surface area contributed by atoms with E-state index in [2.05, 4.69) is 118 Å². The lowest BCUT2D eigenvalue weighted by Crippen LogP contribution is -2.30. The first-order valence-corrected chi connectivity index (χ1v) is 25.7. The zero-order valence-corrected chi connectivity index (χ0v) is 40.8. The van der Waals surface area contributed by atoms with Gasteiger partial charge < -0.3 is 14.2 Å². The highest BCUT2D eigenvalue weighted by Crippen LogP contribution is 2.14. The lowest BCUT2D eigenvalue weighted by Gasteiger charge is -2.18. The standard InChI is InChI=1S/C57H94O6/c1-4-7-10-13-16-19-22-25-27-28-30-32-35-38-41-44-47-50-56(59)62-53-54(52-61-55(58)49-46-43-40-37-34-31-24-21-18-15-12-9-6-3)63-57(60)51-48-45-42-39-36-33-29-26-23-20-17-14-11-8-5-2/h7,10,16-17,19-20,25-27,29-30,32,36,38-39,41,54H,4-6,8-9,11-15,18,21-24,28,31,33-35,37,40,42-53H2,1-3H3/b10-7-,19-16-,20-17-,27-25-,29-26-,32-30-,39-36-,41-38-/t54-/m0/s1. The molecule has 0 fully saturated rings. The number of hydrogen-bond donors (Lipinski definition) is 0. The van der Waals surface area contributed by atoms with Gasteiger partial charge in [-0.05, 0) is 96.3 Å². The normalized spacial score (nSPS) is 12.9. The lowest BCUT2D eigenvalue weighted by molar-refractivity contribution is -0.167. The molecule has 358 valence electrons. The molecule has 0 aliphatic rings. The molecule has 0 amide bonds. The van der Waals surface area contributed by atoms with Crippen LogP contribution in [0.15, 0.2) is 97.2 Å². The van der Waals surface area contributed by atoms with Crippen LogP contribution in [0.4, 0.5) is 0 Å². The number of carbonyl (C=O) groups is 3. The van der Waals surface area contributed by atoms with Crippen LogP contribution in [0.1, 0.15) is 226 Å². The Morgan fingerprint density at radius 3 is 1.06 bits per heavy atom. The topological polar surface area (TPSA) is 78.9 Å². The molecule has 1 atom stereocenters. The summed E-state index contributed by atoms with van der Waals surface area (Å²) in [5.41, 5.74) is 0. The van der Waals surface area contributed by atoms with Crippen molar-refractivity contribution in [2.45, 2.75) is 232 Å². The van der Waals surface area contributed by atoms with Crippen molar-refractivity contribution in [3.8, 4) is 0 Å². The van der Waals surface area contributed by atoms with E-state index in [9.17, 15) is 14.4 Å². The Kier molecular flexibility index (Phi) is 48.0. The molecular weight excluding hydrogens is 781 g/mol. The number of carbonyl (C=O) groups excluding carboxylic acids is 3. The van der Waals surface area contributed by atoms with E-state index in [0.717, 1.165) is 83.5 Å². The summed E-state index contributed by atoms with van der Waals surface area (Å²) >= 11 is 0. The molecule has 0 aromatic carbocycles. The Morgan fingerprint density at radius 2 is 0.635 bits per heavy atom. The predicted molar refractivity (Wildman–Crippen MR) is 270 cm³/mol. The maximum atomic E-state index is 12.8. The average molecular weight is 875 g/mol. The van der Waals surface area contributed by atoms with Gasteiger partial charge in [0.2, 0.25) is 0 Å². The fraction of sp³-hybridized carbons (Fsp3) is 0.667. The zero-order valence-electron chi connectivity index (χ0n) is 40.8. The summed E-state index contributed by atoms with van der Waals surface area (Å²) in [5, 5.41) is 0. The summed E-state index contributed by atoms with van der Waals surface area (Å²) < 4.78 is 16.7. The summed E-state index contributed by atoms with van der Waals surface area (Å²) in [6.45, 7) is 6.40. The fourth-order valence-corrected chi connectivity index (χ4v) is 6.72. The molecule has 0 bridgehead atoms. The number of ether oxygens (including phenoxy) is 3. The molecule has 63 heavy (non-hydrogen) atoms. The smallest absolute Gasteiger partial charge is 0.306 e. The van der Waals surface area contributed by atoms with Crippen molar-refractivity contribution in [1.82, 2.24) is 0 Å². The van der Waals surface area contributed by atoms with E-state index < -0.39 is 6.10 Å². The fourth-order valence-electron chi connectivity index (χ4n) is 6.72. The molecule has 0 saturated carbocycles. The molecular formula is C57H94O6. The van der Waals surface area contributed by atoms with Gasteiger partial charge >= 0.3 is 17.9 Å². The minimum Gasteiger partial charge on any atom is -0.462 e. The van der Waals surface area contributed by atoms with Crippen LogP contribution in [0.5, 0.6) is 0 Å². The number of hydrogen-bond acceptors (Lipinski definition) is 6. The van der Waals surface area contributed by atoms with Crippen LogP contribution in [-0.2, 0) is 28.6 Å². The van der Waals surface area contributed by atoms with Gasteiger partial charge in [0.1, 0.15) is 13.2 Å². The SMILES string of the molecule is CC/C=C\C/C=C\C/C=C\C/C=C\C/C=C\CCCC(=O)OC[C@H](COC(=O)CCCCCCCCCCCCCCC)OC(=O)CCCC/C=C\C/C=C\C/C=C\CCCCC. The van der Waals surface area contributed by atoms with E-state index in [4.69, 9.17) is 14.2 Å². The molecule has 6 nitrogen and oxygen atoms in total. The third-order valence-electron chi connectivity index (χ3n) is 10.6. The van der Waals surface area contributed by atoms with Crippen molar-refractivity contribution in [2.75, 3.05) is 13.2 Å². The first kappa shape index (κ1) is 59.3. The first-order chi connectivity index (χ1) is 31.0. The van der Waals surface area contributed by atoms with Crippen LogP contribution < -0.4 is 0 Å². The van der Waals surface area contributed by atoms with Crippen molar-refractivity contribution in [2.24, 2.45) is 0 Å². The zero-order chi connectivity index (χ0) is 45.8. The average Bonchev–Trinajstić information content (AvgIpc) is 3.28. The van der Waals surface area contributed by atoms with Crippen LogP contribution in [0.3, 0.4) is 0 Å². The van der Waals surface area contributed by atoms with Crippen LogP contribution in [0.25, 0.3) is 0 Å². The summed E-state index contributed by atoms with van der Waals surface area (Å²) in [4.78, 5) is 37.9. The van der Waals surface area contributed by atoms with Gasteiger partial charge in [0, 0.05) is 19.3 Å². The summed E-state index contributed by atoms with van der Waals surface area (Å²) in [6.07, 6.45) is 66.8. The third-order valence-corrected chi connectivity index (χ3v) is 10.6. The van der Waals surface area contributed by atoms with E-state index >= 15 is 0 Å². The van der Waals surface area contributed by atoms with Gasteiger partial charge in [0.15, 0.2) is 6.10 Å². The monoisotopic (exact) mass is 875 g/mol. The highest BCUT2D eigenvalue weighted by molar-refractivity contribution is 5.71. The molecule has 0 spiro atoms. The van der Waals surface area contributed by atoms with E-state index in [0.29, 0.717) is 19.3 Å². The Hall–Kier alpha value is -3.67. The molecule has 0 aliphatic heterocycles. The van der Waals surface area contributed by atoms with Gasteiger partial charge in [-0.15, -0.1) is 0 Å². The van der Waals surface area contributed by atoms with Gasteiger partial charge in [0.05, 0.1) is 0 Å². The molecule has 0 rings (SSSR count). The maximum Gasteiger partial charge on any atom is 0.306 e. The quantitative estimate of drug-likeness (QED) is 0.0262. The third kappa shape index (κ3) is 49.2. The molecule has 0 aromatic rings. The molecule has 0 saturated heterocycles. The van der Waals surface area contributed by atoms with Crippen LogP contribution in [-0.4, -0.2) is 37.2 Å². The molecule has 6 heteroatoms. The molecule has 0 aromatic heterocycles. The molecule has 0 radical (unpaired) electrons. The largest absolute Gasteiger partial charge is 0.462 e. The number of allylic oxidation sites excluding steroid dienone is 16. The van der Waals surface area contributed by atoms with Crippen molar-refractivity contribution in [3.63, 3.8) is 0 Å². The van der Waals surface area contributed by atoms with E-state index in [1.165, 1.54) is 89.9 Å². The lowest BCUT2D eigenvalue weighted by atomic mass is 10.0. The maximum absolute atomic E-state index is 12.8. The second-order valence-electron chi connectivity index (χ2n) is 16.7. The second-order valence-corrected chi connectivity index (χ2v) is 16.7. The summed E-state index contributed by atoms with van der Waals surface area (Å²) in [7, 11) is 0. The van der Waals surface area contributed by atoms with Crippen molar-refractivity contribution >= 4 is 17.9 Å². The number of esters is 3. The van der Waals surface area contributed by atoms with Crippen molar-refractivity contribution in [3.05, 3.63) is 97.2 Å². The van der Waals surface area contributed by atoms with Gasteiger partial charge in [-0.2, -0.15) is 0 Å². The summed E-state index contributed by atoms with van der Waals surface area (Å²) in [6, 6.07) is 0. The Labute approximate surface area is 387 Å². The number of unbranched alkanes of at least 4 members (excludes halogenated alkanes) is 18. The highest BCUT2D eigenvalue weighted by atomic mass is 16.6. The molecule has 0 heterocycles. The minimum atomic E-state index is -0.819. The Morgan fingerprint density at radius 1 is 0.333 bits per heavy atom. The minimum absolute atomic E-state index is 0.110. The van der Waals surface area contributed by atoms with E-state index in [-0.39, 0.29) is 44.0 Å². The molecule has 0 aliphatic carbocycles. The van der Waals surface area contributed by atoms with E-state index in [1.807, 2.05) is 0 Å². The van der Waals surface area contributed by atoms with Gasteiger partial charge in [-0.1, -0.05) is 208 Å². The molecule has 0 unspecified atom stereocenters. The van der Waals surface area contributed by atoms with Gasteiger partial charge in [0.25, 0.3) is 0 Å². The molecule has 0 N–H and O–H groups in total. The summed E-state index contributed by atoms with van der Waals surface area (Å²) in [5.74, 6) is -1.01. The van der Waals surface area contributed by atoms with Crippen LogP contribution in [0, 0.1) is 0 Å². The van der Waals surface area contributed by atoms with Crippen molar-refractivity contribution in [1.29, 1.82) is 0 Å². The van der Waals surface area contributed by atoms with Crippen molar-refractivity contribution < 1.29 is 28.6 Å². The Bertz CT molecular complexity index is 1280. The first-order valence-electron chi connectivity index (χ1n) is 25.7. The van der Waals surface area contributed by atoms with Gasteiger partial charge in [-0.3, -0.25) is 14.4 Å². The van der Waals surface area contributed by atoms with Crippen LogP contribution in [0.2, 0.25) is 0 Å². The predicted octanol–water partition coefficient (Wildman–Crippen LogP) is 17.0. The second kappa shape index (κ2) is 51.0.